The van der Waals surface area contributed by atoms with Crippen molar-refractivity contribution < 1.29 is 14.3 Å². The molecular weight excluding hydrogens is 522 g/mol. The molecule has 6 nitrogen and oxygen atoms in total. The number of benzene rings is 2. The molecule has 0 saturated carbocycles. The first kappa shape index (κ1) is 27.8. The fraction of sp³-hybridized carbons (Fsp3) is 0.393. The van der Waals surface area contributed by atoms with E-state index in [-0.39, 0.29) is 10.9 Å². The van der Waals surface area contributed by atoms with Crippen molar-refractivity contribution in [1.29, 1.82) is 0 Å². The molecule has 2 aromatic carbocycles. The Hall–Kier alpha value is -2.20. The van der Waals surface area contributed by atoms with Gasteiger partial charge in [-0.25, -0.2) is 0 Å². The predicted molar refractivity (Wildman–Crippen MR) is 156 cm³/mol. The second kappa shape index (κ2) is 11.3. The molecule has 1 atom stereocenters. The number of carbonyl (C=O) groups is 1. The van der Waals surface area contributed by atoms with Gasteiger partial charge in [-0.15, -0.1) is 11.3 Å². The molecule has 4 rings (SSSR count). The molecule has 9 heteroatoms. The van der Waals surface area contributed by atoms with Gasteiger partial charge in [0.15, 0.2) is 8.32 Å². The van der Waals surface area contributed by atoms with Crippen molar-refractivity contribution in [3.8, 4) is 0 Å². The van der Waals surface area contributed by atoms with Gasteiger partial charge in [0.25, 0.3) is 5.91 Å². The summed E-state index contributed by atoms with van der Waals surface area (Å²) in [5.41, 5.74) is 4.54. The number of rotatable bonds is 9. The number of hydrogen-bond donors (Lipinski definition) is 3. The summed E-state index contributed by atoms with van der Waals surface area (Å²) in [5, 5.41) is 17.7. The number of fused-ring (bicyclic) bond motifs is 1. The van der Waals surface area contributed by atoms with Crippen molar-refractivity contribution >= 4 is 48.5 Å². The Bertz CT molecular complexity index is 1240. The van der Waals surface area contributed by atoms with Gasteiger partial charge in [0, 0.05) is 36.6 Å². The molecule has 1 amide bonds. The highest BCUT2D eigenvalue weighted by Gasteiger charge is 2.37. The van der Waals surface area contributed by atoms with Gasteiger partial charge < -0.3 is 20.2 Å². The Kier molecular flexibility index (Phi) is 8.47. The zero-order valence-corrected chi connectivity index (χ0v) is 24.7. The van der Waals surface area contributed by atoms with Crippen molar-refractivity contribution in [2.45, 2.75) is 58.2 Å². The Labute approximate surface area is 229 Å². The Morgan fingerprint density at radius 3 is 2.54 bits per heavy atom. The van der Waals surface area contributed by atoms with E-state index in [4.69, 9.17) is 16.0 Å². The standard InChI is InChI=1S/C28H36ClN3O3SSi/c1-28(2,3)37(4,5)35-16-15-30-21-11-9-19(10-12-21)17-32-18-20-7-6-8-22(25(20)27(32)34)31-26(33)23-13-14-24(29)36-23/h6-14,27,30,34H,15-18H2,1-5H3,(H,31,33). The van der Waals surface area contributed by atoms with Gasteiger partial charge in [0.2, 0.25) is 0 Å². The minimum atomic E-state index is -1.73. The third-order valence-corrected chi connectivity index (χ3v) is 13.0. The Balaban J connectivity index is 1.33. The van der Waals surface area contributed by atoms with E-state index in [1.165, 1.54) is 11.3 Å². The molecule has 2 heterocycles. The summed E-state index contributed by atoms with van der Waals surface area (Å²) < 4.78 is 6.81. The molecule has 37 heavy (non-hydrogen) atoms. The normalized spacial score (nSPS) is 16.0. The van der Waals surface area contributed by atoms with Gasteiger partial charge in [-0.3, -0.25) is 9.69 Å². The van der Waals surface area contributed by atoms with E-state index >= 15 is 0 Å². The van der Waals surface area contributed by atoms with Gasteiger partial charge >= 0.3 is 0 Å². The summed E-state index contributed by atoms with van der Waals surface area (Å²) in [6, 6.07) is 17.4. The molecule has 0 spiro atoms. The molecule has 0 fully saturated rings. The van der Waals surface area contributed by atoms with Gasteiger partial charge in [0.1, 0.15) is 6.23 Å². The van der Waals surface area contributed by atoms with Crippen molar-refractivity contribution in [2.24, 2.45) is 0 Å². The molecule has 0 bridgehead atoms. The average Bonchev–Trinajstić information content (AvgIpc) is 3.41. The van der Waals surface area contributed by atoms with Crippen LogP contribution >= 0.6 is 22.9 Å². The van der Waals surface area contributed by atoms with Gasteiger partial charge in [-0.2, -0.15) is 0 Å². The van der Waals surface area contributed by atoms with E-state index < -0.39 is 14.5 Å². The summed E-state index contributed by atoms with van der Waals surface area (Å²) in [5.74, 6) is -0.228. The summed E-state index contributed by atoms with van der Waals surface area (Å²) in [4.78, 5) is 15.2. The Morgan fingerprint density at radius 1 is 1.16 bits per heavy atom. The van der Waals surface area contributed by atoms with Crippen molar-refractivity contribution in [2.75, 3.05) is 23.8 Å². The lowest BCUT2D eigenvalue weighted by Crippen LogP contribution is -2.41. The monoisotopic (exact) mass is 557 g/mol. The Morgan fingerprint density at radius 2 is 1.89 bits per heavy atom. The number of thiophene rings is 1. The molecule has 1 aliphatic rings. The summed E-state index contributed by atoms with van der Waals surface area (Å²) in [7, 11) is -1.73. The molecule has 1 aliphatic heterocycles. The van der Waals surface area contributed by atoms with Crippen LogP contribution in [0, 0.1) is 0 Å². The predicted octanol–water partition coefficient (Wildman–Crippen LogP) is 7.09. The van der Waals surface area contributed by atoms with Crippen LogP contribution in [0.5, 0.6) is 0 Å². The highest BCUT2D eigenvalue weighted by Crippen LogP contribution is 2.38. The number of halogens is 1. The van der Waals surface area contributed by atoms with Crippen LogP contribution in [0.15, 0.2) is 54.6 Å². The van der Waals surface area contributed by atoms with Gasteiger partial charge in [0.05, 0.1) is 15.8 Å². The van der Waals surface area contributed by atoms with Crippen LogP contribution in [0.2, 0.25) is 22.5 Å². The topological polar surface area (TPSA) is 73.8 Å². The highest BCUT2D eigenvalue weighted by atomic mass is 35.5. The zero-order valence-electron chi connectivity index (χ0n) is 22.1. The van der Waals surface area contributed by atoms with Gasteiger partial charge in [-0.1, -0.05) is 56.6 Å². The van der Waals surface area contributed by atoms with E-state index in [9.17, 15) is 9.90 Å². The third-order valence-electron chi connectivity index (χ3n) is 7.26. The smallest absolute Gasteiger partial charge is 0.265 e. The van der Waals surface area contributed by atoms with Gasteiger partial charge in [-0.05, 0) is 59.6 Å². The maximum atomic E-state index is 12.7. The number of nitrogens with one attached hydrogen (secondary N) is 2. The number of hydrogen-bond acceptors (Lipinski definition) is 6. The van der Waals surface area contributed by atoms with E-state index in [1.807, 2.05) is 23.1 Å². The van der Waals surface area contributed by atoms with Crippen molar-refractivity contribution in [3.05, 3.63) is 80.5 Å². The molecule has 3 aromatic rings. The number of aliphatic hydroxyl groups is 1. The quantitative estimate of drug-likeness (QED) is 0.193. The third kappa shape index (κ3) is 6.63. The van der Waals surface area contributed by atoms with E-state index in [2.05, 4.69) is 68.8 Å². The minimum absolute atomic E-state index is 0.208. The van der Waals surface area contributed by atoms with Crippen LogP contribution in [-0.4, -0.2) is 37.4 Å². The number of carbonyl (C=O) groups excluding carboxylic acids is 1. The largest absolute Gasteiger partial charge is 0.415 e. The molecule has 0 radical (unpaired) electrons. The van der Waals surface area contributed by atoms with E-state index in [0.717, 1.165) is 28.9 Å². The average molecular weight is 558 g/mol. The summed E-state index contributed by atoms with van der Waals surface area (Å²) in [6.45, 7) is 13.9. The number of aliphatic hydroxyl groups excluding tert-OH is 1. The highest BCUT2D eigenvalue weighted by molar-refractivity contribution is 7.18. The molecular formula is C28H36ClN3O3SSi. The first-order valence-corrected chi connectivity index (χ1v) is 16.6. The van der Waals surface area contributed by atoms with Crippen molar-refractivity contribution in [3.63, 3.8) is 0 Å². The lowest BCUT2D eigenvalue weighted by molar-refractivity contribution is 0.00810. The first-order chi connectivity index (χ1) is 17.4. The van der Waals surface area contributed by atoms with Crippen LogP contribution < -0.4 is 10.6 Å². The molecule has 198 valence electrons. The molecule has 3 N–H and O–H groups in total. The van der Waals surface area contributed by atoms with Crippen molar-refractivity contribution in [1.82, 2.24) is 4.90 Å². The lowest BCUT2D eigenvalue weighted by Gasteiger charge is -2.36. The summed E-state index contributed by atoms with van der Waals surface area (Å²) in [6.07, 6.45) is -0.802. The second-order valence-electron chi connectivity index (χ2n) is 10.9. The van der Waals surface area contributed by atoms with Crippen LogP contribution in [0.25, 0.3) is 0 Å². The first-order valence-electron chi connectivity index (χ1n) is 12.5. The second-order valence-corrected chi connectivity index (χ2v) is 17.5. The fourth-order valence-corrected chi connectivity index (χ4v) is 6.08. The SMILES string of the molecule is CC(C)(C)[Si](C)(C)OCCNc1ccc(CN2Cc3cccc(NC(=O)c4ccc(Cl)s4)c3C2O)cc1. The fourth-order valence-electron chi connectivity index (χ4n) is 4.10. The summed E-state index contributed by atoms with van der Waals surface area (Å²) >= 11 is 7.21. The number of amides is 1. The van der Waals surface area contributed by atoms with Crippen LogP contribution in [0.1, 0.15) is 53.4 Å². The number of anilines is 2. The molecule has 1 aromatic heterocycles. The molecule has 0 saturated heterocycles. The van der Waals surface area contributed by atoms with Crippen LogP contribution in [-0.2, 0) is 17.5 Å². The van der Waals surface area contributed by atoms with Crippen LogP contribution in [0.3, 0.4) is 0 Å². The maximum absolute atomic E-state index is 12.7. The zero-order chi connectivity index (χ0) is 26.8. The lowest BCUT2D eigenvalue weighted by atomic mass is 10.1. The maximum Gasteiger partial charge on any atom is 0.265 e. The molecule has 0 aliphatic carbocycles. The van der Waals surface area contributed by atoms with E-state index in [1.54, 1.807) is 12.1 Å². The molecule has 1 unspecified atom stereocenters. The van der Waals surface area contributed by atoms with E-state index in [0.29, 0.717) is 34.6 Å². The number of nitrogens with zero attached hydrogens (tertiary/aromatic N) is 1. The minimum Gasteiger partial charge on any atom is -0.415 e. The van der Waals surface area contributed by atoms with Crippen LogP contribution in [0.4, 0.5) is 11.4 Å².